The Balaban J connectivity index is 1.46. The number of carbonyl (C=O) groups excluding carboxylic acids is 1. The zero-order chi connectivity index (χ0) is 21.4. The van der Waals surface area contributed by atoms with E-state index in [0.29, 0.717) is 35.3 Å². The number of pyridine rings is 1. The van der Waals surface area contributed by atoms with Gasteiger partial charge in [-0.1, -0.05) is 17.7 Å². The smallest absolute Gasteiger partial charge is 0.272 e. The van der Waals surface area contributed by atoms with E-state index >= 15 is 0 Å². The van der Waals surface area contributed by atoms with Crippen molar-refractivity contribution in [3.05, 3.63) is 58.5 Å². The van der Waals surface area contributed by atoms with Crippen LogP contribution in [0.5, 0.6) is 11.6 Å². The third-order valence-electron chi connectivity index (χ3n) is 5.73. The summed E-state index contributed by atoms with van der Waals surface area (Å²) >= 11 is 6.12. The molecule has 1 aromatic carbocycles. The monoisotopic (exact) mass is 438 g/mol. The summed E-state index contributed by atoms with van der Waals surface area (Å²) in [5.74, 6) is 2.02. The molecule has 31 heavy (non-hydrogen) atoms. The van der Waals surface area contributed by atoms with E-state index in [9.17, 15) is 4.79 Å². The minimum atomic E-state index is -0.222. The summed E-state index contributed by atoms with van der Waals surface area (Å²) < 4.78 is 13.2. The van der Waals surface area contributed by atoms with Gasteiger partial charge in [0, 0.05) is 24.1 Å². The average Bonchev–Trinajstić information content (AvgIpc) is 3.18. The highest BCUT2D eigenvalue weighted by molar-refractivity contribution is 6.30. The molecule has 2 aliphatic heterocycles. The fourth-order valence-corrected chi connectivity index (χ4v) is 4.47. The largest absolute Gasteiger partial charge is 0.491 e. The molecule has 0 saturated carbocycles. The second-order valence-electron chi connectivity index (χ2n) is 7.84. The van der Waals surface area contributed by atoms with Gasteiger partial charge in [0.1, 0.15) is 23.9 Å². The summed E-state index contributed by atoms with van der Waals surface area (Å²) in [4.78, 5) is 22.6. The van der Waals surface area contributed by atoms with Crippen molar-refractivity contribution in [1.82, 2.24) is 19.9 Å². The number of halogens is 1. The molecule has 2 aliphatic rings. The molecule has 1 atom stereocenters. The molecule has 0 spiro atoms. The Bertz CT molecular complexity index is 1140. The van der Waals surface area contributed by atoms with Crippen LogP contribution in [0.4, 0.5) is 0 Å². The van der Waals surface area contributed by atoms with Gasteiger partial charge in [-0.15, -0.1) is 0 Å². The molecule has 8 heteroatoms. The number of carbonyl (C=O) groups is 1. The number of hydrogen-bond donors (Lipinski definition) is 1. The lowest BCUT2D eigenvalue weighted by Gasteiger charge is -2.26. The molecular formula is C23H23ClN4O3. The third-order valence-corrected chi connectivity index (χ3v) is 5.97. The highest BCUT2D eigenvalue weighted by Gasteiger charge is 2.29. The van der Waals surface area contributed by atoms with Crippen LogP contribution in [0.1, 0.15) is 34.7 Å². The topological polar surface area (TPSA) is 78.3 Å². The summed E-state index contributed by atoms with van der Waals surface area (Å²) in [6.07, 6.45) is 3.62. The number of hydrogen-bond acceptors (Lipinski definition) is 5. The highest BCUT2D eigenvalue weighted by Crippen LogP contribution is 2.30. The summed E-state index contributed by atoms with van der Waals surface area (Å²) in [5, 5.41) is 3.76. The molecule has 0 fully saturated rings. The van der Waals surface area contributed by atoms with Crippen LogP contribution in [0.2, 0.25) is 5.02 Å². The van der Waals surface area contributed by atoms with Crippen molar-refractivity contribution in [1.29, 1.82) is 0 Å². The molecule has 2 aromatic heterocycles. The van der Waals surface area contributed by atoms with E-state index in [1.807, 2.05) is 30.3 Å². The van der Waals surface area contributed by atoms with Gasteiger partial charge in [0.15, 0.2) is 5.69 Å². The molecule has 0 saturated heterocycles. The number of fused-ring (bicyclic) bond motifs is 2. The van der Waals surface area contributed by atoms with Crippen LogP contribution in [-0.2, 0) is 19.4 Å². The number of amides is 1. The van der Waals surface area contributed by atoms with Crippen LogP contribution in [0.3, 0.4) is 0 Å². The van der Waals surface area contributed by atoms with Gasteiger partial charge in [0.05, 0.1) is 18.8 Å². The van der Waals surface area contributed by atoms with Crippen molar-refractivity contribution in [2.24, 2.45) is 0 Å². The number of aryl methyl sites for hydroxylation is 1. The van der Waals surface area contributed by atoms with E-state index in [0.717, 1.165) is 48.6 Å². The van der Waals surface area contributed by atoms with E-state index in [-0.39, 0.29) is 11.9 Å². The maximum Gasteiger partial charge on any atom is 0.272 e. The van der Waals surface area contributed by atoms with Crippen LogP contribution in [0.25, 0.3) is 11.4 Å². The van der Waals surface area contributed by atoms with Gasteiger partial charge in [-0.25, -0.2) is 9.97 Å². The lowest BCUT2D eigenvalue weighted by Crippen LogP contribution is -2.43. The molecule has 4 heterocycles. The first-order valence-corrected chi connectivity index (χ1v) is 10.8. The van der Waals surface area contributed by atoms with Crippen LogP contribution < -0.4 is 14.8 Å². The molecule has 0 bridgehead atoms. The van der Waals surface area contributed by atoms with Gasteiger partial charge < -0.3 is 19.4 Å². The van der Waals surface area contributed by atoms with Gasteiger partial charge in [0.2, 0.25) is 5.88 Å². The highest BCUT2D eigenvalue weighted by atomic mass is 35.5. The molecule has 1 N–H and O–H groups in total. The maximum absolute atomic E-state index is 13.3. The Kier molecular flexibility index (Phi) is 5.28. The van der Waals surface area contributed by atoms with E-state index < -0.39 is 0 Å². The number of aromatic nitrogens is 3. The summed E-state index contributed by atoms with van der Waals surface area (Å²) in [7, 11) is 1.58. The number of ether oxygens (including phenoxy) is 2. The maximum atomic E-state index is 13.3. The Hall–Kier alpha value is -3.06. The number of nitrogens with one attached hydrogen (secondary N) is 1. The number of benzene rings is 1. The zero-order valence-corrected chi connectivity index (χ0v) is 18.0. The minimum Gasteiger partial charge on any atom is -0.491 e. The van der Waals surface area contributed by atoms with E-state index in [4.69, 9.17) is 26.1 Å². The van der Waals surface area contributed by atoms with Gasteiger partial charge >= 0.3 is 0 Å². The summed E-state index contributed by atoms with van der Waals surface area (Å²) in [6, 6.07) is 11.0. The van der Waals surface area contributed by atoms with Crippen LogP contribution in [0, 0.1) is 0 Å². The van der Waals surface area contributed by atoms with Crippen LogP contribution in [-0.4, -0.2) is 40.2 Å². The number of methoxy groups -OCH3 is 1. The Morgan fingerprint density at radius 2 is 2.16 bits per heavy atom. The number of rotatable bonds is 4. The van der Waals surface area contributed by atoms with Crippen LogP contribution in [0.15, 0.2) is 36.4 Å². The van der Waals surface area contributed by atoms with E-state index in [2.05, 4.69) is 14.9 Å². The second kappa shape index (κ2) is 8.23. The van der Waals surface area contributed by atoms with Crippen molar-refractivity contribution in [3.8, 4) is 23.0 Å². The Labute approximate surface area is 185 Å². The number of imidazole rings is 1. The molecule has 7 nitrogen and oxygen atoms in total. The average molecular weight is 439 g/mol. The van der Waals surface area contributed by atoms with Crippen LogP contribution >= 0.6 is 11.6 Å². The first-order chi connectivity index (χ1) is 15.1. The first kappa shape index (κ1) is 19.9. The zero-order valence-electron chi connectivity index (χ0n) is 17.2. The van der Waals surface area contributed by atoms with Gasteiger partial charge in [-0.3, -0.25) is 4.79 Å². The van der Waals surface area contributed by atoms with Gasteiger partial charge in [-0.2, -0.15) is 0 Å². The van der Waals surface area contributed by atoms with Gasteiger partial charge in [-0.05, 0) is 49.1 Å². The van der Waals surface area contributed by atoms with Crippen molar-refractivity contribution in [2.45, 2.75) is 38.3 Å². The molecule has 5 rings (SSSR count). The summed E-state index contributed by atoms with van der Waals surface area (Å²) in [6.45, 7) is 1.23. The summed E-state index contributed by atoms with van der Waals surface area (Å²) in [5.41, 5.74) is 2.81. The minimum absolute atomic E-state index is 0.164. The van der Waals surface area contributed by atoms with Crippen molar-refractivity contribution in [3.63, 3.8) is 0 Å². The fraction of sp³-hybridized carbons (Fsp3) is 0.348. The van der Waals surface area contributed by atoms with E-state index in [1.165, 1.54) is 0 Å². The first-order valence-electron chi connectivity index (χ1n) is 10.5. The molecular weight excluding hydrogens is 416 g/mol. The number of nitrogens with zero attached hydrogens (tertiary/aromatic N) is 3. The second-order valence-corrected chi connectivity index (χ2v) is 8.27. The van der Waals surface area contributed by atoms with Crippen molar-refractivity contribution >= 4 is 17.5 Å². The van der Waals surface area contributed by atoms with E-state index in [1.54, 1.807) is 13.2 Å². The third kappa shape index (κ3) is 3.85. The molecule has 160 valence electrons. The molecule has 3 aromatic rings. The van der Waals surface area contributed by atoms with Crippen molar-refractivity contribution < 1.29 is 14.3 Å². The molecule has 0 unspecified atom stereocenters. The molecule has 0 radical (unpaired) electrons. The lowest BCUT2D eigenvalue weighted by atomic mass is 10.0. The normalized spacial score (nSPS) is 17.3. The predicted octanol–water partition coefficient (Wildman–Crippen LogP) is 3.68. The van der Waals surface area contributed by atoms with Crippen molar-refractivity contribution in [2.75, 3.05) is 13.7 Å². The SMILES string of the molecule is COc1cccc(-c2c(C(=O)N[C@H]3COc4ccc(Cl)cc4C3)nc3n2CCCC3)n1. The molecule has 1 amide bonds. The Morgan fingerprint density at radius 3 is 3.03 bits per heavy atom. The van der Waals surface area contributed by atoms with Gasteiger partial charge in [0.25, 0.3) is 5.91 Å². The molecule has 0 aliphatic carbocycles. The predicted molar refractivity (Wildman–Crippen MR) is 117 cm³/mol. The standard InChI is InChI=1S/C23H23ClN4O3/c1-30-20-7-4-5-17(26-20)22-21(27-19-6-2-3-10-28(19)22)23(29)25-16-12-14-11-15(24)8-9-18(14)31-13-16/h4-5,7-9,11,16H,2-3,6,10,12-13H2,1H3,(H,25,29)/t16-/m1/s1. The Morgan fingerprint density at radius 1 is 1.26 bits per heavy atom. The lowest BCUT2D eigenvalue weighted by molar-refractivity contribution is 0.0911. The quantitative estimate of drug-likeness (QED) is 0.672. The fourth-order valence-electron chi connectivity index (χ4n) is 4.27.